The molecule has 0 aliphatic heterocycles. The second-order valence-electron chi connectivity index (χ2n) is 5.70. The Morgan fingerprint density at radius 2 is 1.71 bits per heavy atom. The van der Waals surface area contributed by atoms with Gasteiger partial charge in [0.05, 0.1) is 19.1 Å². The lowest BCUT2D eigenvalue weighted by Crippen LogP contribution is -2.31. The van der Waals surface area contributed by atoms with Crippen LogP contribution >= 0.6 is 0 Å². The van der Waals surface area contributed by atoms with E-state index in [9.17, 15) is 9.90 Å². The van der Waals surface area contributed by atoms with Crippen LogP contribution in [-0.4, -0.2) is 35.7 Å². The van der Waals surface area contributed by atoms with Crippen molar-refractivity contribution in [3.63, 3.8) is 0 Å². The fourth-order valence-electron chi connectivity index (χ4n) is 2.58. The highest BCUT2D eigenvalue weighted by molar-refractivity contribution is 5.69. The molecule has 0 bridgehead atoms. The second kappa shape index (κ2) is 9.85. The number of benzene rings is 2. The summed E-state index contributed by atoms with van der Waals surface area (Å²) in [5.41, 5.74) is 2.04. The number of aliphatic hydroxyl groups excluding tert-OH is 1. The van der Waals surface area contributed by atoms with Crippen LogP contribution in [-0.2, 0) is 16.1 Å². The summed E-state index contributed by atoms with van der Waals surface area (Å²) < 4.78 is 5.00. The molecule has 0 aliphatic rings. The van der Waals surface area contributed by atoms with Gasteiger partial charge in [0.25, 0.3) is 0 Å². The van der Waals surface area contributed by atoms with Gasteiger partial charge >= 0.3 is 5.97 Å². The first-order valence-corrected chi connectivity index (χ1v) is 8.34. The highest BCUT2D eigenvalue weighted by Crippen LogP contribution is 2.16. The molecule has 128 valence electrons. The monoisotopic (exact) mass is 327 g/mol. The number of hydrogen-bond donors (Lipinski definition) is 1. The third kappa shape index (κ3) is 6.14. The van der Waals surface area contributed by atoms with Gasteiger partial charge in [-0.2, -0.15) is 0 Å². The SMILES string of the molecule is CCOC(=O)CCN(Cc1ccccc1)CC(O)c1ccccc1. The smallest absolute Gasteiger partial charge is 0.307 e. The molecule has 2 aromatic rings. The van der Waals surface area contributed by atoms with Crippen molar-refractivity contribution in [3.8, 4) is 0 Å². The van der Waals surface area contributed by atoms with Gasteiger partial charge in [0.2, 0.25) is 0 Å². The molecular formula is C20H25NO3. The summed E-state index contributed by atoms with van der Waals surface area (Å²) in [4.78, 5) is 13.7. The van der Waals surface area contributed by atoms with Crippen molar-refractivity contribution in [1.82, 2.24) is 4.90 Å². The van der Waals surface area contributed by atoms with Crippen LogP contribution in [0.1, 0.15) is 30.6 Å². The lowest BCUT2D eigenvalue weighted by Gasteiger charge is -2.25. The quantitative estimate of drug-likeness (QED) is 0.719. The number of ether oxygens (including phenoxy) is 1. The van der Waals surface area contributed by atoms with Crippen molar-refractivity contribution in [1.29, 1.82) is 0 Å². The van der Waals surface area contributed by atoms with E-state index in [1.54, 1.807) is 6.92 Å². The van der Waals surface area contributed by atoms with Gasteiger partial charge in [-0.1, -0.05) is 60.7 Å². The molecule has 1 unspecified atom stereocenters. The summed E-state index contributed by atoms with van der Waals surface area (Å²) in [6, 6.07) is 19.6. The van der Waals surface area contributed by atoms with Gasteiger partial charge in [-0.25, -0.2) is 0 Å². The summed E-state index contributed by atoms with van der Waals surface area (Å²) in [7, 11) is 0. The molecule has 4 heteroatoms. The molecule has 1 atom stereocenters. The minimum absolute atomic E-state index is 0.204. The summed E-state index contributed by atoms with van der Waals surface area (Å²) in [5.74, 6) is -0.204. The third-order valence-electron chi connectivity index (χ3n) is 3.80. The van der Waals surface area contributed by atoms with Gasteiger partial charge in [-0.15, -0.1) is 0 Å². The molecule has 0 saturated carbocycles. The van der Waals surface area contributed by atoms with Crippen molar-refractivity contribution in [2.24, 2.45) is 0 Å². The fraction of sp³-hybridized carbons (Fsp3) is 0.350. The van der Waals surface area contributed by atoms with E-state index >= 15 is 0 Å². The highest BCUT2D eigenvalue weighted by Gasteiger charge is 2.15. The normalized spacial score (nSPS) is 12.1. The number of nitrogens with zero attached hydrogens (tertiary/aromatic N) is 1. The van der Waals surface area contributed by atoms with Crippen molar-refractivity contribution in [2.45, 2.75) is 26.0 Å². The zero-order chi connectivity index (χ0) is 17.2. The van der Waals surface area contributed by atoms with Crippen molar-refractivity contribution >= 4 is 5.97 Å². The summed E-state index contributed by atoms with van der Waals surface area (Å²) in [6.45, 7) is 3.91. The predicted octanol–water partition coefficient (Wildman–Crippen LogP) is 3.18. The van der Waals surface area contributed by atoms with Crippen LogP contribution in [0.3, 0.4) is 0 Å². The maximum Gasteiger partial charge on any atom is 0.307 e. The molecule has 0 heterocycles. The van der Waals surface area contributed by atoms with E-state index in [-0.39, 0.29) is 5.97 Å². The Labute approximate surface area is 143 Å². The second-order valence-corrected chi connectivity index (χ2v) is 5.70. The average Bonchev–Trinajstić information content (AvgIpc) is 2.61. The maximum absolute atomic E-state index is 11.6. The van der Waals surface area contributed by atoms with E-state index in [2.05, 4.69) is 4.90 Å². The first-order valence-electron chi connectivity index (χ1n) is 8.34. The molecule has 2 aromatic carbocycles. The standard InChI is InChI=1S/C20H25NO3/c1-2-24-20(23)13-14-21(15-17-9-5-3-6-10-17)16-19(22)18-11-7-4-8-12-18/h3-12,19,22H,2,13-16H2,1H3. The van der Waals surface area contributed by atoms with Crippen LogP contribution in [0.2, 0.25) is 0 Å². The maximum atomic E-state index is 11.6. The van der Waals surface area contributed by atoms with E-state index < -0.39 is 6.10 Å². The molecule has 0 amide bonds. The summed E-state index contributed by atoms with van der Waals surface area (Å²) in [5, 5.41) is 10.5. The Kier molecular flexibility index (Phi) is 7.46. The van der Waals surface area contributed by atoms with Crippen molar-refractivity contribution < 1.29 is 14.6 Å². The summed E-state index contributed by atoms with van der Waals surface area (Å²) in [6.07, 6.45) is -0.264. The van der Waals surface area contributed by atoms with Gasteiger partial charge in [-0.05, 0) is 18.1 Å². The molecule has 4 nitrogen and oxygen atoms in total. The van der Waals surface area contributed by atoms with Gasteiger partial charge in [0, 0.05) is 19.6 Å². The molecule has 2 rings (SSSR count). The molecule has 0 aromatic heterocycles. The molecule has 24 heavy (non-hydrogen) atoms. The lowest BCUT2D eigenvalue weighted by atomic mass is 10.1. The van der Waals surface area contributed by atoms with E-state index in [0.29, 0.717) is 32.7 Å². The summed E-state index contributed by atoms with van der Waals surface area (Å²) >= 11 is 0. The number of esters is 1. The number of hydrogen-bond acceptors (Lipinski definition) is 4. The molecule has 1 N–H and O–H groups in total. The number of carbonyl (C=O) groups is 1. The van der Waals surface area contributed by atoms with Crippen LogP contribution in [0.5, 0.6) is 0 Å². The Morgan fingerprint density at radius 3 is 2.33 bits per heavy atom. The average molecular weight is 327 g/mol. The minimum Gasteiger partial charge on any atom is -0.466 e. The predicted molar refractivity (Wildman–Crippen MR) is 94.4 cm³/mol. The number of carbonyl (C=O) groups excluding carboxylic acids is 1. The van der Waals surface area contributed by atoms with Gasteiger partial charge in [0.1, 0.15) is 0 Å². The van der Waals surface area contributed by atoms with Gasteiger partial charge in [-0.3, -0.25) is 9.69 Å². The Bertz CT molecular complexity index is 601. The zero-order valence-electron chi connectivity index (χ0n) is 14.1. The van der Waals surface area contributed by atoms with Gasteiger partial charge in [0.15, 0.2) is 0 Å². The van der Waals surface area contributed by atoms with Crippen LogP contribution in [0.15, 0.2) is 60.7 Å². The minimum atomic E-state index is -0.586. The lowest BCUT2D eigenvalue weighted by molar-refractivity contribution is -0.143. The van der Waals surface area contributed by atoms with Crippen LogP contribution < -0.4 is 0 Å². The van der Waals surface area contributed by atoms with E-state index in [1.165, 1.54) is 0 Å². The number of rotatable bonds is 9. The third-order valence-corrected chi connectivity index (χ3v) is 3.80. The molecular weight excluding hydrogens is 302 g/mol. The fourth-order valence-corrected chi connectivity index (χ4v) is 2.58. The first kappa shape index (κ1) is 18.2. The molecule has 0 saturated heterocycles. The van der Waals surface area contributed by atoms with E-state index in [4.69, 9.17) is 4.74 Å². The van der Waals surface area contributed by atoms with Crippen LogP contribution in [0.25, 0.3) is 0 Å². The van der Waals surface area contributed by atoms with E-state index in [1.807, 2.05) is 60.7 Å². The number of aliphatic hydroxyl groups is 1. The van der Waals surface area contributed by atoms with Crippen molar-refractivity contribution in [3.05, 3.63) is 71.8 Å². The van der Waals surface area contributed by atoms with Crippen LogP contribution in [0.4, 0.5) is 0 Å². The zero-order valence-corrected chi connectivity index (χ0v) is 14.1. The van der Waals surface area contributed by atoms with E-state index in [0.717, 1.165) is 11.1 Å². The van der Waals surface area contributed by atoms with Crippen LogP contribution in [0, 0.1) is 0 Å². The molecule has 0 radical (unpaired) electrons. The molecule has 0 fully saturated rings. The Hall–Kier alpha value is -2.17. The topological polar surface area (TPSA) is 49.8 Å². The van der Waals surface area contributed by atoms with Crippen molar-refractivity contribution in [2.75, 3.05) is 19.7 Å². The Balaban J connectivity index is 1.99. The van der Waals surface area contributed by atoms with Gasteiger partial charge < -0.3 is 9.84 Å². The first-order chi connectivity index (χ1) is 11.7. The Morgan fingerprint density at radius 1 is 1.08 bits per heavy atom. The highest BCUT2D eigenvalue weighted by atomic mass is 16.5. The molecule has 0 spiro atoms. The largest absolute Gasteiger partial charge is 0.466 e. The molecule has 0 aliphatic carbocycles.